The maximum absolute atomic E-state index is 12.5. The van der Waals surface area contributed by atoms with Crippen LogP contribution >= 0.6 is 12.4 Å². The Hall–Kier alpha value is -2.44. The van der Waals surface area contributed by atoms with Crippen LogP contribution < -0.4 is 19.5 Å². The minimum atomic E-state index is -0.162. The van der Waals surface area contributed by atoms with Crippen molar-refractivity contribution < 1.29 is 19.0 Å². The van der Waals surface area contributed by atoms with Gasteiger partial charge < -0.3 is 24.4 Å². The Labute approximate surface area is 159 Å². The number of halogens is 1. The van der Waals surface area contributed by atoms with Crippen molar-refractivity contribution in [3.8, 4) is 17.2 Å². The van der Waals surface area contributed by atoms with Crippen molar-refractivity contribution in [3.63, 3.8) is 0 Å². The highest BCUT2D eigenvalue weighted by molar-refractivity contribution is 5.96. The average molecular weight is 379 g/mol. The molecule has 6 nitrogen and oxygen atoms in total. The summed E-state index contributed by atoms with van der Waals surface area (Å²) in [4.78, 5) is 14.6. The van der Waals surface area contributed by atoms with E-state index in [9.17, 15) is 4.79 Å². The fourth-order valence-electron chi connectivity index (χ4n) is 2.84. The lowest BCUT2D eigenvalue weighted by molar-refractivity contribution is 0.0939. The van der Waals surface area contributed by atoms with E-state index < -0.39 is 0 Å². The second kappa shape index (κ2) is 8.78. The number of carbonyl (C=O) groups excluding carboxylic acids is 1. The first kappa shape index (κ1) is 19.9. The summed E-state index contributed by atoms with van der Waals surface area (Å²) in [5, 5.41) is 2.99. The zero-order valence-corrected chi connectivity index (χ0v) is 15.8. The van der Waals surface area contributed by atoms with Gasteiger partial charge in [0.25, 0.3) is 5.91 Å². The first-order valence-electron chi connectivity index (χ1n) is 8.07. The second-order valence-corrected chi connectivity index (χ2v) is 6.00. The molecule has 0 bridgehead atoms. The van der Waals surface area contributed by atoms with Crippen LogP contribution in [0, 0.1) is 0 Å². The number of hydrogen-bond donors (Lipinski definition) is 1. The molecule has 0 aromatic heterocycles. The van der Waals surface area contributed by atoms with E-state index in [-0.39, 0.29) is 31.1 Å². The van der Waals surface area contributed by atoms with Crippen LogP contribution in [0.1, 0.15) is 22.0 Å². The second-order valence-electron chi connectivity index (χ2n) is 6.00. The molecule has 1 heterocycles. The van der Waals surface area contributed by atoms with Gasteiger partial charge in [-0.05, 0) is 43.9 Å². The molecule has 0 fully saturated rings. The van der Waals surface area contributed by atoms with Gasteiger partial charge in [0.15, 0.2) is 11.5 Å². The first-order valence-corrected chi connectivity index (χ1v) is 8.07. The molecular weight excluding hydrogens is 356 g/mol. The maximum atomic E-state index is 12.5. The lowest BCUT2D eigenvalue weighted by atomic mass is 10.0. The van der Waals surface area contributed by atoms with Crippen LogP contribution in [0.2, 0.25) is 0 Å². The van der Waals surface area contributed by atoms with Crippen molar-refractivity contribution in [3.05, 3.63) is 53.6 Å². The van der Waals surface area contributed by atoms with Gasteiger partial charge in [-0.1, -0.05) is 18.2 Å². The molecule has 0 spiro atoms. The van der Waals surface area contributed by atoms with E-state index in [0.717, 1.165) is 17.1 Å². The van der Waals surface area contributed by atoms with Gasteiger partial charge in [-0.2, -0.15) is 0 Å². The highest BCUT2D eigenvalue weighted by atomic mass is 35.5. The largest absolute Gasteiger partial charge is 0.496 e. The molecule has 1 unspecified atom stereocenters. The summed E-state index contributed by atoms with van der Waals surface area (Å²) in [6.07, 6.45) is 0. The summed E-state index contributed by atoms with van der Waals surface area (Å²) in [5.41, 5.74) is 1.57. The summed E-state index contributed by atoms with van der Waals surface area (Å²) < 4.78 is 16.1. The van der Waals surface area contributed by atoms with Crippen LogP contribution in [-0.4, -0.2) is 45.3 Å². The number of rotatable bonds is 6. The predicted octanol–water partition coefficient (Wildman–Crippen LogP) is 2.88. The summed E-state index contributed by atoms with van der Waals surface area (Å²) >= 11 is 0. The minimum Gasteiger partial charge on any atom is -0.496 e. The molecule has 2 aromatic rings. The van der Waals surface area contributed by atoms with E-state index in [2.05, 4.69) is 10.2 Å². The van der Waals surface area contributed by atoms with Crippen LogP contribution in [0.4, 0.5) is 0 Å². The summed E-state index contributed by atoms with van der Waals surface area (Å²) in [6.45, 7) is 0.708. The van der Waals surface area contributed by atoms with Crippen LogP contribution in [0.5, 0.6) is 17.2 Å². The van der Waals surface area contributed by atoms with E-state index in [1.165, 1.54) is 0 Å². The molecule has 26 heavy (non-hydrogen) atoms. The predicted molar refractivity (Wildman–Crippen MR) is 102 cm³/mol. The maximum Gasteiger partial charge on any atom is 0.255 e. The number of benzene rings is 2. The smallest absolute Gasteiger partial charge is 0.255 e. The fourth-order valence-corrected chi connectivity index (χ4v) is 2.84. The third-order valence-corrected chi connectivity index (χ3v) is 4.21. The number of carbonyl (C=O) groups is 1. The number of nitrogens with zero attached hydrogens (tertiary/aromatic N) is 1. The third kappa shape index (κ3) is 4.20. The van der Waals surface area contributed by atoms with E-state index in [1.807, 2.05) is 44.4 Å². The van der Waals surface area contributed by atoms with E-state index in [4.69, 9.17) is 14.2 Å². The van der Waals surface area contributed by atoms with Crippen LogP contribution in [0.15, 0.2) is 42.5 Å². The number of ether oxygens (including phenoxy) is 3. The topological polar surface area (TPSA) is 60.0 Å². The standard InChI is InChI=1S/C19H22N2O4.ClH/c1-21(2)15(13-8-9-17-18(10-13)25-12-24-17)11-20-19(22)14-6-4-5-7-16(14)23-3;/h4-10,15H,11-12H2,1-3H3,(H,20,22);1H. The molecule has 3 rings (SSSR count). The van der Waals surface area contributed by atoms with Gasteiger partial charge in [0.05, 0.1) is 18.7 Å². The molecule has 1 amide bonds. The monoisotopic (exact) mass is 378 g/mol. The van der Waals surface area contributed by atoms with Crippen molar-refractivity contribution >= 4 is 18.3 Å². The van der Waals surface area contributed by atoms with Crippen molar-refractivity contribution in [2.75, 3.05) is 34.5 Å². The lowest BCUT2D eigenvalue weighted by Crippen LogP contribution is -2.34. The Morgan fingerprint density at radius 3 is 2.65 bits per heavy atom. The Bertz CT molecular complexity index is 767. The van der Waals surface area contributed by atoms with Crippen molar-refractivity contribution in [1.82, 2.24) is 10.2 Å². The van der Waals surface area contributed by atoms with Gasteiger partial charge in [0, 0.05) is 6.54 Å². The zero-order chi connectivity index (χ0) is 17.8. The third-order valence-electron chi connectivity index (χ3n) is 4.21. The number of para-hydroxylation sites is 1. The van der Waals surface area contributed by atoms with Gasteiger partial charge in [-0.3, -0.25) is 4.79 Å². The number of likely N-dealkylation sites (N-methyl/N-ethyl adjacent to an activating group) is 1. The first-order chi connectivity index (χ1) is 12.1. The van der Waals surface area contributed by atoms with Crippen molar-refractivity contribution in [1.29, 1.82) is 0 Å². The van der Waals surface area contributed by atoms with E-state index >= 15 is 0 Å². The Morgan fingerprint density at radius 2 is 1.92 bits per heavy atom. The zero-order valence-electron chi connectivity index (χ0n) is 15.0. The molecule has 140 valence electrons. The summed E-state index contributed by atoms with van der Waals surface area (Å²) in [7, 11) is 5.51. The Kier molecular flexibility index (Phi) is 6.71. The molecule has 7 heteroatoms. The SMILES string of the molecule is COc1ccccc1C(=O)NCC(c1ccc2c(c1)OCO2)N(C)C.Cl. The van der Waals surface area contributed by atoms with Crippen LogP contribution in [-0.2, 0) is 0 Å². The van der Waals surface area contributed by atoms with Crippen LogP contribution in [0.25, 0.3) is 0 Å². The van der Waals surface area contributed by atoms with Gasteiger partial charge in [0.1, 0.15) is 5.75 Å². The van der Waals surface area contributed by atoms with Gasteiger partial charge in [-0.25, -0.2) is 0 Å². The molecule has 1 atom stereocenters. The molecule has 0 aliphatic carbocycles. The normalized spacial score (nSPS) is 13.1. The van der Waals surface area contributed by atoms with E-state index in [0.29, 0.717) is 17.9 Å². The summed E-state index contributed by atoms with van der Waals surface area (Å²) in [5.74, 6) is 1.88. The van der Waals surface area contributed by atoms with Crippen molar-refractivity contribution in [2.45, 2.75) is 6.04 Å². The van der Waals surface area contributed by atoms with Gasteiger partial charge in [0.2, 0.25) is 6.79 Å². The molecule has 0 saturated carbocycles. The molecule has 0 saturated heterocycles. The molecule has 2 aromatic carbocycles. The number of fused-ring (bicyclic) bond motifs is 1. The lowest BCUT2D eigenvalue weighted by Gasteiger charge is -2.25. The van der Waals surface area contributed by atoms with E-state index in [1.54, 1.807) is 19.2 Å². The molecule has 1 aliphatic heterocycles. The molecule has 1 N–H and O–H groups in total. The molecular formula is C19H23ClN2O4. The summed E-state index contributed by atoms with van der Waals surface area (Å²) in [6, 6.07) is 13.0. The number of methoxy groups -OCH3 is 1. The van der Waals surface area contributed by atoms with Gasteiger partial charge in [-0.15, -0.1) is 12.4 Å². The van der Waals surface area contributed by atoms with Crippen LogP contribution in [0.3, 0.4) is 0 Å². The number of hydrogen-bond acceptors (Lipinski definition) is 5. The Morgan fingerprint density at radius 1 is 1.19 bits per heavy atom. The molecule has 1 aliphatic rings. The number of amides is 1. The average Bonchev–Trinajstić information content (AvgIpc) is 3.09. The number of nitrogens with one attached hydrogen (secondary N) is 1. The Balaban J connectivity index is 0.00000243. The fraction of sp³-hybridized carbons (Fsp3) is 0.316. The van der Waals surface area contributed by atoms with Gasteiger partial charge >= 0.3 is 0 Å². The highest BCUT2D eigenvalue weighted by Gasteiger charge is 2.21. The highest BCUT2D eigenvalue weighted by Crippen LogP contribution is 2.35. The van der Waals surface area contributed by atoms with Crippen molar-refractivity contribution in [2.24, 2.45) is 0 Å². The molecule has 0 radical (unpaired) electrons. The quantitative estimate of drug-likeness (QED) is 0.837. The minimum absolute atomic E-state index is 0.